The number of carbonyl (C=O) groups is 2. The standard InChI is InChI=1S/C30H44N2O6/c1-7-8-12-22-27(35)20(3)37-15-13-30(6)25(38-30)17-23(19(2)16-21-11-9-10-14-31-21)32-26(34)18-24(33)29(4,5)28(22)36/h7-11,14,16,20,22-25,27,33,35H,12-13,15,17-18H2,1-6H3,(H,32,34)/t20-,22-,23+,24+,25+,27-,30-/m1/s1. The van der Waals surface area contributed by atoms with Gasteiger partial charge in [-0.3, -0.25) is 14.6 Å². The summed E-state index contributed by atoms with van der Waals surface area (Å²) < 4.78 is 12.0. The van der Waals surface area contributed by atoms with Crippen LogP contribution in [-0.2, 0) is 19.1 Å². The van der Waals surface area contributed by atoms with E-state index in [4.69, 9.17) is 9.47 Å². The molecule has 0 aliphatic carbocycles. The van der Waals surface area contributed by atoms with Crippen molar-refractivity contribution in [2.24, 2.45) is 11.3 Å². The highest BCUT2D eigenvalue weighted by Gasteiger charge is 2.53. The Morgan fingerprint density at radius 2 is 1.97 bits per heavy atom. The molecule has 2 aliphatic rings. The molecule has 3 heterocycles. The second-order valence-corrected chi connectivity index (χ2v) is 11.5. The van der Waals surface area contributed by atoms with E-state index in [1.165, 1.54) is 0 Å². The summed E-state index contributed by atoms with van der Waals surface area (Å²) >= 11 is 0. The topological polar surface area (TPSA) is 121 Å². The molecule has 0 aromatic carbocycles. The van der Waals surface area contributed by atoms with Crippen molar-refractivity contribution in [2.45, 2.75) is 103 Å². The molecule has 8 nitrogen and oxygen atoms in total. The Balaban J connectivity index is 1.89. The Bertz CT molecular complexity index is 1020. The van der Waals surface area contributed by atoms with Crippen LogP contribution in [-0.4, -0.2) is 69.6 Å². The van der Waals surface area contributed by atoms with Crippen LogP contribution in [0.5, 0.6) is 0 Å². The minimum Gasteiger partial charge on any atom is -0.392 e. The number of allylic oxidation sites excluding steroid dienone is 2. The molecular weight excluding hydrogens is 484 g/mol. The summed E-state index contributed by atoms with van der Waals surface area (Å²) in [6.45, 7) is 11.2. The maximum Gasteiger partial charge on any atom is 0.223 e. The molecule has 38 heavy (non-hydrogen) atoms. The molecule has 0 saturated carbocycles. The van der Waals surface area contributed by atoms with Crippen molar-refractivity contribution in [1.82, 2.24) is 10.3 Å². The average molecular weight is 529 g/mol. The first-order chi connectivity index (χ1) is 17.9. The first-order valence-electron chi connectivity index (χ1n) is 13.6. The van der Waals surface area contributed by atoms with Gasteiger partial charge < -0.3 is 25.0 Å². The van der Waals surface area contributed by atoms with E-state index in [2.05, 4.69) is 10.3 Å². The van der Waals surface area contributed by atoms with Crippen molar-refractivity contribution in [3.05, 3.63) is 47.8 Å². The van der Waals surface area contributed by atoms with E-state index in [9.17, 15) is 19.8 Å². The normalized spacial score (nSPS) is 35.5. The van der Waals surface area contributed by atoms with Crippen molar-refractivity contribution in [3.63, 3.8) is 0 Å². The van der Waals surface area contributed by atoms with Crippen LogP contribution in [0.4, 0.5) is 0 Å². The van der Waals surface area contributed by atoms with E-state index in [0.29, 0.717) is 25.9 Å². The minimum absolute atomic E-state index is 0.0815. The number of nitrogens with one attached hydrogen (secondary N) is 1. The van der Waals surface area contributed by atoms with E-state index in [1.807, 2.05) is 57.2 Å². The van der Waals surface area contributed by atoms with Crippen molar-refractivity contribution in [1.29, 1.82) is 0 Å². The Hall–Kier alpha value is -2.39. The molecule has 1 aromatic heterocycles. The number of aliphatic hydroxyl groups excluding tert-OH is 2. The van der Waals surface area contributed by atoms with Crippen LogP contribution in [0.25, 0.3) is 6.08 Å². The third-order valence-corrected chi connectivity index (χ3v) is 8.12. The Morgan fingerprint density at radius 1 is 1.24 bits per heavy atom. The molecule has 8 heteroatoms. The largest absolute Gasteiger partial charge is 0.392 e. The summed E-state index contributed by atoms with van der Waals surface area (Å²) in [5, 5.41) is 25.2. The number of aliphatic hydroxyl groups is 2. The number of Topliss-reactive ketones (excluding diaryl/α,β-unsaturated/α-hetero) is 1. The number of ether oxygens (including phenoxy) is 2. The quantitative estimate of drug-likeness (QED) is 0.403. The van der Waals surface area contributed by atoms with E-state index < -0.39 is 35.2 Å². The number of fused-ring (bicyclic) bond motifs is 1. The molecule has 1 aromatic rings. The lowest BCUT2D eigenvalue weighted by Crippen LogP contribution is -2.49. The average Bonchev–Trinajstić information content (AvgIpc) is 3.51. The van der Waals surface area contributed by atoms with Crippen LogP contribution in [0.3, 0.4) is 0 Å². The highest BCUT2D eigenvalue weighted by atomic mass is 16.6. The van der Waals surface area contributed by atoms with Gasteiger partial charge in [-0.05, 0) is 57.9 Å². The zero-order valence-corrected chi connectivity index (χ0v) is 23.5. The Kier molecular flexibility index (Phi) is 10.0. The second kappa shape index (κ2) is 12.6. The van der Waals surface area contributed by atoms with E-state index in [-0.39, 0.29) is 30.3 Å². The van der Waals surface area contributed by atoms with Gasteiger partial charge in [0.15, 0.2) is 0 Å². The molecule has 3 rings (SSSR count). The lowest BCUT2D eigenvalue weighted by Gasteiger charge is -2.35. The van der Waals surface area contributed by atoms with E-state index >= 15 is 0 Å². The van der Waals surface area contributed by atoms with Crippen molar-refractivity contribution in [3.8, 4) is 0 Å². The Labute approximate surface area is 226 Å². The zero-order chi connectivity index (χ0) is 28.1. The van der Waals surface area contributed by atoms with Crippen LogP contribution in [0.15, 0.2) is 42.1 Å². The summed E-state index contributed by atoms with van der Waals surface area (Å²) in [5.41, 5.74) is 0.0388. The number of hydrogen-bond donors (Lipinski definition) is 3. The van der Waals surface area contributed by atoms with Gasteiger partial charge in [-0.1, -0.05) is 32.1 Å². The van der Waals surface area contributed by atoms with Crippen LogP contribution in [0.2, 0.25) is 0 Å². The zero-order valence-electron chi connectivity index (χ0n) is 23.5. The predicted octanol–water partition coefficient (Wildman–Crippen LogP) is 3.62. The number of pyridine rings is 1. The van der Waals surface area contributed by atoms with Gasteiger partial charge in [0.2, 0.25) is 5.91 Å². The molecule has 3 N–H and O–H groups in total. The van der Waals surface area contributed by atoms with Gasteiger partial charge in [0.1, 0.15) is 5.78 Å². The van der Waals surface area contributed by atoms with E-state index in [0.717, 1.165) is 11.3 Å². The lowest BCUT2D eigenvalue weighted by atomic mass is 9.72. The van der Waals surface area contributed by atoms with Crippen LogP contribution in [0, 0.1) is 11.3 Å². The van der Waals surface area contributed by atoms with Gasteiger partial charge in [0.05, 0.1) is 59.5 Å². The number of hydrogen-bond acceptors (Lipinski definition) is 7. The second-order valence-electron chi connectivity index (χ2n) is 11.5. The number of nitrogens with zero attached hydrogens (tertiary/aromatic N) is 1. The Morgan fingerprint density at radius 3 is 2.63 bits per heavy atom. The molecule has 0 bridgehead atoms. The van der Waals surface area contributed by atoms with Gasteiger partial charge in [-0.15, -0.1) is 0 Å². The van der Waals surface area contributed by atoms with Crippen LogP contribution in [0.1, 0.15) is 72.9 Å². The van der Waals surface area contributed by atoms with Gasteiger partial charge >= 0.3 is 0 Å². The van der Waals surface area contributed by atoms with Gasteiger partial charge in [0.25, 0.3) is 0 Å². The molecular formula is C30H44N2O6. The highest BCUT2D eigenvalue weighted by Crippen LogP contribution is 2.43. The summed E-state index contributed by atoms with van der Waals surface area (Å²) in [5.74, 6) is -1.43. The number of aromatic nitrogens is 1. The third kappa shape index (κ3) is 7.38. The number of amides is 1. The van der Waals surface area contributed by atoms with Crippen LogP contribution >= 0.6 is 0 Å². The fraction of sp³-hybridized carbons (Fsp3) is 0.633. The summed E-state index contributed by atoms with van der Waals surface area (Å²) in [6, 6.07) is 5.31. The van der Waals surface area contributed by atoms with Gasteiger partial charge in [0, 0.05) is 25.6 Å². The highest BCUT2D eigenvalue weighted by molar-refractivity contribution is 5.88. The van der Waals surface area contributed by atoms with Gasteiger partial charge in [-0.2, -0.15) is 0 Å². The molecule has 2 saturated heterocycles. The predicted molar refractivity (Wildman–Crippen MR) is 146 cm³/mol. The molecule has 2 aliphatic heterocycles. The van der Waals surface area contributed by atoms with Crippen molar-refractivity contribution < 1.29 is 29.3 Å². The summed E-state index contributed by atoms with van der Waals surface area (Å²) in [4.78, 5) is 31.2. The minimum atomic E-state index is -1.26. The van der Waals surface area contributed by atoms with Gasteiger partial charge in [-0.25, -0.2) is 0 Å². The van der Waals surface area contributed by atoms with Crippen LogP contribution < -0.4 is 5.32 Å². The molecule has 0 radical (unpaired) electrons. The molecule has 0 unspecified atom stereocenters. The molecule has 1 amide bonds. The number of carbonyl (C=O) groups excluding carboxylic acids is 2. The fourth-order valence-electron chi connectivity index (χ4n) is 5.06. The number of epoxide rings is 1. The molecule has 210 valence electrons. The molecule has 0 spiro atoms. The fourth-order valence-corrected chi connectivity index (χ4v) is 5.06. The summed E-state index contributed by atoms with van der Waals surface area (Å²) in [7, 11) is 0. The summed E-state index contributed by atoms with van der Waals surface area (Å²) in [6.07, 6.45) is 5.60. The maximum absolute atomic E-state index is 13.6. The number of rotatable bonds is 4. The molecule has 7 atom stereocenters. The first-order valence-corrected chi connectivity index (χ1v) is 13.6. The lowest BCUT2D eigenvalue weighted by molar-refractivity contribution is -0.147. The monoisotopic (exact) mass is 528 g/mol. The molecule has 2 fully saturated rings. The van der Waals surface area contributed by atoms with Crippen molar-refractivity contribution in [2.75, 3.05) is 6.61 Å². The first kappa shape index (κ1) is 30.2. The SMILES string of the molecule is CC=CC[C@H]1C(=O)C(C)(C)[C@@H](O)CC(=O)N[C@H](C(C)=Cc2ccccn2)C[C@@H]2O[C@]2(C)CCO[C@H](C)[C@H]1O. The third-order valence-electron chi connectivity index (χ3n) is 8.12. The van der Waals surface area contributed by atoms with Crippen molar-refractivity contribution >= 4 is 17.8 Å². The number of ketones is 1. The van der Waals surface area contributed by atoms with E-state index in [1.54, 1.807) is 27.0 Å². The smallest absolute Gasteiger partial charge is 0.223 e. The maximum atomic E-state index is 13.6.